The Bertz CT molecular complexity index is 896. The fourth-order valence-electron chi connectivity index (χ4n) is 2.56. The summed E-state index contributed by atoms with van der Waals surface area (Å²) in [6.45, 7) is 1.82. The molecular weight excluding hydrogens is 306 g/mol. The van der Waals surface area contributed by atoms with Gasteiger partial charge in [-0.1, -0.05) is 30.3 Å². The molecule has 1 aromatic heterocycles. The average Bonchev–Trinajstić information content (AvgIpc) is 2.92. The zero-order valence-electron chi connectivity index (χ0n) is 13.5. The molecule has 0 aliphatic carbocycles. The van der Waals surface area contributed by atoms with Crippen molar-refractivity contribution in [2.24, 2.45) is 0 Å². The maximum absolute atomic E-state index is 12.6. The highest BCUT2D eigenvalue weighted by Gasteiger charge is 2.19. The number of furan rings is 1. The van der Waals surface area contributed by atoms with Gasteiger partial charge < -0.3 is 14.5 Å². The number of nitrogens with one attached hydrogen (secondary N) is 1. The number of hydrogen-bond donors (Lipinski definition) is 1. The molecule has 0 bridgehead atoms. The SMILES string of the molecule is COCC(=O)Nc1ccc2oc(C(=O)c3ccccc3)c(C)c2c1. The molecule has 24 heavy (non-hydrogen) atoms. The van der Waals surface area contributed by atoms with Crippen LogP contribution in [0.3, 0.4) is 0 Å². The number of aryl methyl sites for hydroxylation is 1. The van der Waals surface area contributed by atoms with E-state index in [0.717, 1.165) is 10.9 Å². The predicted molar refractivity (Wildman–Crippen MR) is 91.3 cm³/mol. The smallest absolute Gasteiger partial charge is 0.250 e. The lowest BCUT2D eigenvalue weighted by Crippen LogP contribution is -2.16. The minimum Gasteiger partial charge on any atom is -0.452 e. The van der Waals surface area contributed by atoms with Crippen LogP contribution < -0.4 is 5.32 Å². The van der Waals surface area contributed by atoms with Crippen LogP contribution >= 0.6 is 0 Å². The van der Waals surface area contributed by atoms with Crippen molar-refractivity contribution in [1.29, 1.82) is 0 Å². The Labute approximate surface area is 139 Å². The monoisotopic (exact) mass is 323 g/mol. The fourth-order valence-corrected chi connectivity index (χ4v) is 2.56. The van der Waals surface area contributed by atoms with Gasteiger partial charge >= 0.3 is 0 Å². The van der Waals surface area contributed by atoms with E-state index in [-0.39, 0.29) is 18.3 Å². The molecule has 122 valence electrons. The van der Waals surface area contributed by atoms with Crippen molar-refractivity contribution >= 4 is 28.3 Å². The standard InChI is InChI=1S/C19H17NO4/c1-12-15-10-14(20-17(21)11-23-2)8-9-16(15)24-19(12)18(22)13-6-4-3-5-7-13/h3-10H,11H2,1-2H3,(H,20,21). The Morgan fingerprint density at radius 3 is 2.58 bits per heavy atom. The summed E-state index contributed by atoms with van der Waals surface area (Å²) in [5.74, 6) is -0.0792. The van der Waals surface area contributed by atoms with Gasteiger partial charge in [-0.25, -0.2) is 0 Å². The lowest BCUT2D eigenvalue weighted by molar-refractivity contribution is -0.119. The molecule has 0 aliphatic heterocycles. The van der Waals surface area contributed by atoms with Crippen LogP contribution in [0.1, 0.15) is 21.7 Å². The lowest BCUT2D eigenvalue weighted by atomic mass is 10.0. The zero-order valence-corrected chi connectivity index (χ0v) is 13.5. The Morgan fingerprint density at radius 1 is 1.12 bits per heavy atom. The fraction of sp³-hybridized carbons (Fsp3) is 0.158. The van der Waals surface area contributed by atoms with Crippen LogP contribution in [0, 0.1) is 6.92 Å². The second kappa shape index (κ2) is 6.68. The molecule has 2 aromatic carbocycles. The van der Waals surface area contributed by atoms with E-state index in [4.69, 9.17) is 9.15 Å². The Morgan fingerprint density at radius 2 is 1.88 bits per heavy atom. The van der Waals surface area contributed by atoms with Crippen molar-refractivity contribution in [3.63, 3.8) is 0 Å². The van der Waals surface area contributed by atoms with Crippen LogP contribution in [0.25, 0.3) is 11.0 Å². The normalized spacial score (nSPS) is 10.8. The van der Waals surface area contributed by atoms with Gasteiger partial charge in [0.25, 0.3) is 0 Å². The minimum atomic E-state index is -0.237. The summed E-state index contributed by atoms with van der Waals surface area (Å²) in [5.41, 5.74) is 2.57. The van der Waals surface area contributed by atoms with Gasteiger partial charge in [0.2, 0.25) is 11.7 Å². The van der Waals surface area contributed by atoms with E-state index in [2.05, 4.69) is 5.32 Å². The van der Waals surface area contributed by atoms with Crippen LogP contribution in [-0.4, -0.2) is 25.4 Å². The van der Waals surface area contributed by atoms with Crippen LogP contribution in [0.15, 0.2) is 52.9 Å². The van der Waals surface area contributed by atoms with Crippen molar-refractivity contribution in [1.82, 2.24) is 0 Å². The van der Waals surface area contributed by atoms with Gasteiger partial charge in [0.1, 0.15) is 12.2 Å². The van der Waals surface area contributed by atoms with Crippen molar-refractivity contribution in [3.8, 4) is 0 Å². The first kappa shape index (κ1) is 16.0. The third kappa shape index (κ3) is 3.07. The molecule has 0 atom stereocenters. The van der Waals surface area contributed by atoms with Crippen LogP contribution in [0.2, 0.25) is 0 Å². The number of hydrogen-bond acceptors (Lipinski definition) is 4. The van der Waals surface area contributed by atoms with Crippen molar-refractivity contribution in [3.05, 3.63) is 65.4 Å². The number of fused-ring (bicyclic) bond motifs is 1. The number of carbonyl (C=O) groups is 2. The molecule has 1 N–H and O–H groups in total. The van der Waals surface area contributed by atoms with Crippen molar-refractivity contribution in [2.75, 3.05) is 19.0 Å². The van der Waals surface area contributed by atoms with Gasteiger partial charge in [-0.05, 0) is 25.1 Å². The Balaban J connectivity index is 1.96. The maximum Gasteiger partial charge on any atom is 0.250 e. The largest absolute Gasteiger partial charge is 0.452 e. The average molecular weight is 323 g/mol. The van der Waals surface area contributed by atoms with Gasteiger partial charge in [0.15, 0.2) is 5.76 Å². The van der Waals surface area contributed by atoms with Crippen LogP contribution in [-0.2, 0) is 9.53 Å². The van der Waals surface area contributed by atoms with Gasteiger partial charge in [-0.3, -0.25) is 9.59 Å². The molecule has 0 fully saturated rings. The molecule has 5 heteroatoms. The van der Waals surface area contributed by atoms with E-state index < -0.39 is 0 Å². The van der Waals surface area contributed by atoms with Gasteiger partial charge in [0, 0.05) is 29.3 Å². The first-order valence-corrected chi connectivity index (χ1v) is 7.52. The predicted octanol–water partition coefficient (Wildman–Crippen LogP) is 3.56. The Hall–Kier alpha value is -2.92. The first-order valence-electron chi connectivity index (χ1n) is 7.52. The first-order chi connectivity index (χ1) is 11.6. The van der Waals surface area contributed by atoms with E-state index in [9.17, 15) is 9.59 Å². The summed E-state index contributed by atoms with van der Waals surface area (Å²) in [6.07, 6.45) is 0. The molecule has 1 heterocycles. The van der Waals surface area contributed by atoms with E-state index >= 15 is 0 Å². The van der Waals surface area contributed by atoms with Gasteiger partial charge in [0.05, 0.1) is 0 Å². The van der Waals surface area contributed by atoms with Crippen molar-refractivity contribution in [2.45, 2.75) is 6.92 Å². The second-order valence-electron chi connectivity index (χ2n) is 5.44. The number of ketones is 1. The van der Waals surface area contributed by atoms with Crippen LogP contribution in [0.5, 0.6) is 0 Å². The summed E-state index contributed by atoms with van der Waals surface area (Å²) in [4.78, 5) is 24.2. The number of amides is 1. The molecule has 0 saturated heterocycles. The molecule has 3 aromatic rings. The summed E-state index contributed by atoms with van der Waals surface area (Å²) in [6, 6.07) is 14.3. The highest BCUT2D eigenvalue weighted by molar-refractivity contribution is 6.10. The van der Waals surface area contributed by atoms with E-state index in [1.165, 1.54) is 7.11 Å². The molecular formula is C19H17NO4. The third-order valence-electron chi connectivity index (χ3n) is 3.74. The molecule has 0 aliphatic rings. The molecule has 1 amide bonds. The van der Waals surface area contributed by atoms with Crippen LogP contribution in [0.4, 0.5) is 5.69 Å². The van der Waals surface area contributed by atoms with Gasteiger partial charge in [-0.15, -0.1) is 0 Å². The zero-order chi connectivity index (χ0) is 17.1. The molecule has 0 radical (unpaired) electrons. The number of carbonyl (C=O) groups excluding carboxylic acids is 2. The molecule has 0 saturated carbocycles. The molecule has 3 rings (SSSR count). The summed E-state index contributed by atoms with van der Waals surface area (Å²) in [5, 5.41) is 3.54. The number of ether oxygens (including phenoxy) is 1. The Kier molecular flexibility index (Phi) is 4.44. The van der Waals surface area contributed by atoms with Crippen molar-refractivity contribution < 1.29 is 18.7 Å². The summed E-state index contributed by atoms with van der Waals surface area (Å²) >= 11 is 0. The van der Waals surface area contributed by atoms with E-state index in [0.29, 0.717) is 22.6 Å². The summed E-state index contributed by atoms with van der Waals surface area (Å²) < 4.78 is 10.5. The number of rotatable bonds is 5. The van der Waals surface area contributed by atoms with E-state index in [1.807, 2.05) is 25.1 Å². The third-order valence-corrected chi connectivity index (χ3v) is 3.74. The lowest BCUT2D eigenvalue weighted by Gasteiger charge is -2.04. The quantitative estimate of drug-likeness (QED) is 0.729. The second-order valence-corrected chi connectivity index (χ2v) is 5.44. The number of benzene rings is 2. The highest BCUT2D eigenvalue weighted by atomic mass is 16.5. The topological polar surface area (TPSA) is 68.5 Å². The molecule has 0 unspecified atom stereocenters. The minimum absolute atomic E-state index is 0.0137. The van der Waals surface area contributed by atoms with Gasteiger partial charge in [-0.2, -0.15) is 0 Å². The number of methoxy groups -OCH3 is 1. The highest BCUT2D eigenvalue weighted by Crippen LogP contribution is 2.29. The maximum atomic E-state index is 12.6. The molecule has 5 nitrogen and oxygen atoms in total. The number of anilines is 1. The summed E-state index contributed by atoms with van der Waals surface area (Å²) in [7, 11) is 1.46. The van der Waals surface area contributed by atoms with E-state index in [1.54, 1.807) is 30.3 Å². The molecule has 0 spiro atoms.